The summed E-state index contributed by atoms with van der Waals surface area (Å²) in [6.45, 7) is 5.66. The predicted molar refractivity (Wildman–Crippen MR) is 165 cm³/mol. The highest BCUT2D eigenvalue weighted by molar-refractivity contribution is 7.09. The van der Waals surface area contributed by atoms with Crippen LogP contribution in [0.4, 0.5) is 16.2 Å². The fraction of sp³-hybridized carbons (Fsp3) is 0.500. The summed E-state index contributed by atoms with van der Waals surface area (Å²) in [6.07, 6.45) is 17.7. The molecule has 0 atom stereocenters. The molecule has 8 heteroatoms. The van der Waals surface area contributed by atoms with Crippen molar-refractivity contribution in [1.29, 1.82) is 0 Å². The third kappa shape index (κ3) is 12.6. The van der Waals surface area contributed by atoms with Gasteiger partial charge in [-0.15, -0.1) is 0 Å². The number of urea groups is 1. The molecule has 0 aliphatic carbocycles. The molecule has 0 aliphatic heterocycles. The molecule has 0 saturated heterocycles. The van der Waals surface area contributed by atoms with Gasteiger partial charge in [0.2, 0.25) is 5.01 Å². The Balaban J connectivity index is 0.00000560. The smallest absolute Gasteiger partial charge is 0.323 e. The Morgan fingerprint density at radius 3 is 2.15 bits per heavy atom. The quantitative estimate of drug-likeness (QED) is 0.118. The first kappa shape index (κ1) is 34.1. The van der Waals surface area contributed by atoms with E-state index in [1.807, 2.05) is 24.3 Å². The topological polar surface area (TPSA) is 54.2 Å². The van der Waals surface area contributed by atoms with Gasteiger partial charge < -0.3 is 32.4 Å². The molecule has 0 saturated carbocycles. The van der Waals surface area contributed by atoms with Gasteiger partial charge in [0.05, 0.1) is 23.4 Å². The van der Waals surface area contributed by atoms with Crippen molar-refractivity contribution in [2.45, 2.75) is 97.4 Å². The van der Waals surface area contributed by atoms with Crippen LogP contribution in [0.1, 0.15) is 94.5 Å². The van der Waals surface area contributed by atoms with E-state index in [4.69, 9.17) is 16.3 Å². The largest absolute Gasteiger partial charge is 1.00 e. The molecule has 0 unspecified atom stereocenters. The minimum atomic E-state index is -0.313. The average molecular weight is 651 g/mol. The number of aromatic nitrogens is 1. The lowest BCUT2D eigenvalue weighted by atomic mass is 10.1. The predicted octanol–water partition coefficient (Wildman–Crippen LogP) is 6.77. The highest BCUT2D eigenvalue weighted by atomic mass is 79.9. The molecule has 3 rings (SSSR count). The molecule has 1 aromatic heterocycles. The van der Waals surface area contributed by atoms with Gasteiger partial charge in [-0.3, -0.25) is 0 Å². The second-order valence-corrected chi connectivity index (χ2v) is 11.7. The zero-order chi connectivity index (χ0) is 27.7. The number of unbranched alkanes of at least 4 members (excludes halogenated alkanes) is 11. The molecule has 0 bridgehead atoms. The number of para-hydroxylation sites is 1. The Kier molecular flexibility index (Phi) is 17.0. The Hall–Kier alpha value is -2.09. The number of carbonyl (C=O) groups is 1. The Bertz CT molecular complexity index is 1140. The van der Waals surface area contributed by atoms with Gasteiger partial charge in [-0.2, -0.15) is 4.57 Å². The molecular formula is C32H45BrClN3O2S. The Morgan fingerprint density at radius 2 is 1.50 bits per heavy atom. The highest BCUT2D eigenvalue weighted by Crippen LogP contribution is 2.29. The SMILES string of the molecule is CCCCCCCCCCCCCCOc1cc(Cl)ccc1NC(=O)Nc1ccccc1C[n+]1ccsc1C.[Br-]. The van der Waals surface area contributed by atoms with Crippen LogP contribution in [0.15, 0.2) is 54.0 Å². The molecule has 2 amide bonds. The number of anilines is 2. The summed E-state index contributed by atoms with van der Waals surface area (Å²) in [6, 6.07) is 12.9. The Morgan fingerprint density at radius 1 is 0.875 bits per heavy atom. The van der Waals surface area contributed by atoms with Crippen LogP contribution in [-0.2, 0) is 6.54 Å². The molecule has 1 heterocycles. The summed E-state index contributed by atoms with van der Waals surface area (Å²) in [7, 11) is 0. The number of nitrogens with zero attached hydrogens (tertiary/aromatic N) is 1. The number of aryl methyl sites for hydroxylation is 1. The second kappa shape index (κ2) is 19.9. The maximum atomic E-state index is 12.9. The summed E-state index contributed by atoms with van der Waals surface area (Å²) >= 11 is 7.94. The highest BCUT2D eigenvalue weighted by Gasteiger charge is 2.15. The van der Waals surface area contributed by atoms with E-state index in [0.29, 0.717) is 29.6 Å². The average Bonchev–Trinajstić information content (AvgIpc) is 3.33. The number of hydrogen-bond acceptors (Lipinski definition) is 3. The number of thiazole rings is 1. The zero-order valence-corrected chi connectivity index (χ0v) is 27.2. The molecule has 3 aromatic rings. The van der Waals surface area contributed by atoms with Crippen molar-refractivity contribution in [3.63, 3.8) is 0 Å². The number of halogens is 2. The van der Waals surface area contributed by atoms with Gasteiger partial charge >= 0.3 is 6.03 Å². The van der Waals surface area contributed by atoms with Gasteiger partial charge in [0.15, 0.2) is 12.7 Å². The molecule has 0 radical (unpaired) electrons. The van der Waals surface area contributed by atoms with Crippen LogP contribution >= 0.6 is 22.9 Å². The standard InChI is InChI=1S/C32H44ClN3O2S.BrH/c1-3-4-5-6-7-8-9-10-11-12-13-16-22-38-31-24-28(33)19-20-30(31)35-32(37)34-29-18-15-14-17-27(29)25-36-21-23-39-26(36)2;/h14-15,17-21,23-24H,3-13,16,22,25H2,1-2H3,(H-,34,35,37);1H. The minimum Gasteiger partial charge on any atom is -1.00 e. The molecule has 0 spiro atoms. The van der Waals surface area contributed by atoms with Crippen LogP contribution in [0.25, 0.3) is 0 Å². The first-order chi connectivity index (χ1) is 19.1. The van der Waals surface area contributed by atoms with Crippen LogP contribution in [0.5, 0.6) is 5.75 Å². The van der Waals surface area contributed by atoms with Crippen molar-refractivity contribution in [3.8, 4) is 5.75 Å². The summed E-state index contributed by atoms with van der Waals surface area (Å²) in [5.41, 5.74) is 2.43. The van der Waals surface area contributed by atoms with Gasteiger partial charge in [-0.05, 0) is 24.6 Å². The van der Waals surface area contributed by atoms with Crippen molar-refractivity contribution >= 4 is 40.3 Å². The van der Waals surface area contributed by atoms with Crippen LogP contribution in [0, 0.1) is 6.92 Å². The van der Waals surface area contributed by atoms with Crippen LogP contribution in [0.2, 0.25) is 5.02 Å². The number of nitrogens with one attached hydrogen (secondary N) is 2. The van der Waals surface area contributed by atoms with Gasteiger partial charge in [0.1, 0.15) is 5.75 Å². The molecule has 40 heavy (non-hydrogen) atoms. The van der Waals surface area contributed by atoms with E-state index in [1.54, 1.807) is 29.5 Å². The number of hydrogen-bond donors (Lipinski definition) is 2. The van der Waals surface area contributed by atoms with Crippen molar-refractivity contribution in [2.75, 3.05) is 17.2 Å². The molecule has 0 aliphatic rings. The zero-order valence-electron chi connectivity index (χ0n) is 24.0. The fourth-order valence-electron chi connectivity index (χ4n) is 4.62. The molecule has 2 N–H and O–H groups in total. The first-order valence-electron chi connectivity index (χ1n) is 14.6. The second-order valence-electron chi connectivity index (χ2n) is 10.2. The summed E-state index contributed by atoms with van der Waals surface area (Å²) < 4.78 is 8.21. The first-order valence-corrected chi connectivity index (χ1v) is 15.8. The maximum absolute atomic E-state index is 12.9. The van der Waals surface area contributed by atoms with Gasteiger partial charge in [-0.25, -0.2) is 4.79 Å². The third-order valence-electron chi connectivity index (χ3n) is 6.94. The summed E-state index contributed by atoms with van der Waals surface area (Å²) in [5, 5.41) is 9.81. The number of rotatable bonds is 18. The number of carbonyl (C=O) groups excluding carboxylic acids is 1. The Labute approximate surface area is 260 Å². The number of ether oxygens (including phenoxy) is 1. The van der Waals surface area contributed by atoms with Gasteiger partial charge in [0, 0.05) is 23.6 Å². The maximum Gasteiger partial charge on any atom is 0.323 e. The molecule has 0 fully saturated rings. The summed E-state index contributed by atoms with van der Waals surface area (Å²) in [5.74, 6) is 0.596. The van der Waals surface area contributed by atoms with E-state index in [1.165, 1.54) is 69.2 Å². The van der Waals surface area contributed by atoms with Crippen LogP contribution < -0.4 is 36.9 Å². The third-order valence-corrected chi connectivity index (χ3v) is 8.01. The minimum absolute atomic E-state index is 0. The van der Waals surface area contributed by atoms with Gasteiger partial charge in [0.25, 0.3) is 0 Å². The number of amides is 2. The van der Waals surface area contributed by atoms with Crippen molar-refractivity contribution in [2.24, 2.45) is 0 Å². The normalized spacial score (nSPS) is 10.7. The molecule has 2 aromatic carbocycles. The van der Waals surface area contributed by atoms with Crippen molar-refractivity contribution in [1.82, 2.24) is 0 Å². The molecular weight excluding hydrogens is 606 g/mol. The van der Waals surface area contributed by atoms with Crippen LogP contribution in [0.3, 0.4) is 0 Å². The van der Waals surface area contributed by atoms with E-state index >= 15 is 0 Å². The van der Waals surface area contributed by atoms with Crippen molar-refractivity contribution in [3.05, 3.63) is 69.6 Å². The van der Waals surface area contributed by atoms with E-state index in [9.17, 15) is 4.79 Å². The van der Waals surface area contributed by atoms with E-state index in [0.717, 1.165) is 24.1 Å². The van der Waals surface area contributed by atoms with Crippen LogP contribution in [-0.4, -0.2) is 12.6 Å². The monoisotopic (exact) mass is 649 g/mol. The molecule has 5 nitrogen and oxygen atoms in total. The lowest BCUT2D eigenvalue weighted by molar-refractivity contribution is -0.689. The van der Waals surface area contributed by atoms with E-state index in [-0.39, 0.29) is 23.0 Å². The van der Waals surface area contributed by atoms with E-state index < -0.39 is 0 Å². The molecule has 220 valence electrons. The summed E-state index contributed by atoms with van der Waals surface area (Å²) in [4.78, 5) is 12.9. The van der Waals surface area contributed by atoms with Gasteiger partial charge in [-0.1, -0.05) is 119 Å². The number of benzene rings is 2. The lowest BCUT2D eigenvalue weighted by Gasteiger charge is -2.14. The van der Waals surface area contributed by atoms with Crippen molar-refractivity contribution < 1.29 is 31.1 Å². The fourth-order valence-corrected chi connectivity index (χ4v) is 5.45. The van der Waals surface area contributed by atoms with E-state index in [2.05, 4.69) is 40.6 Å². The lowest BCUT2D eigenvalue weighted by Crippen LogP contribution is -3.00.